The molecule has 8 heteroatoms. The lowest BCUT2D eigenvalue weighted by Crippen LogP contribution is -2.13. The molecule has 0 atom stereocenters. The normalized spacial score (nSPS) is 10.7. The maximum atomic E-state index is 12.7. The molecule has 4 aromatic rings. The van der Waals surface area contributed by atoms with Crippen LogP contribution in [0.3, 0.4) is 0 Å². The zero-order chi connectivity index (χ0) is 19.0. The van der Waals surface area contributed by atoms with Crippen molar-refractivity contribution in [2.45, 2.75) is 6.92 Å². The highest BCUT2D eigenvalue weighted by Crippen LogP contribution is 2.27. The summed E-state index contributed by atoms with van der Waals surface area (Å²) in [7, 11) is 0. The third-order valence-corrected chi connectivity index (χ3v) is 4.20. The van der Waals surface area contributed by atoms with Gasteiger partial charge in [0.25, 0.3) is 5.91 Å². The minimum atomic E-state index is -0.726. The molecule has 27 heavy (non-hydrogen) atoms. The molecule has 0 aliphatic heterocycles. The number of benzene rings is 2. The van der Waals surface area contributed by atoms with Crippen LogP contribution in [0, 0.1) is 18.3 Å². The van der Waals surface area contributed by atoms with E-state index in [4.69, 9.17) is 5.26 Å². The lowest BCUT2D eigenvalue weighted by Gasteiger charge is -2.08. The van der Waals surface area contributed by atoms with Crippen molar-refractivity contribution < 1.29 is 9.32 Å². The Hall–Kier alpha value is -4.12. The Kier molecular flexibility index (Phi) is 3.82. The van der Waals surface area contributed by atoms with Crippen LogP contribution in [0.15, 0.2) is 51.8 Å². The first kappa shape index (κ1) is 16.4. The molecule has 0 unspecified atom stereocenters. The highest BCUT2D eigenvalue weighted by atomic mass is 16.5. The van der Waals surface area contributed by atoms with Gasteiger partial charge in [0, 0.05) is 16.5 Å². The number of H-pyrrole nitrogens is 2. The minimum Gasteiger partial charge on any atom is -0.350 e. The SMILES string of the molecule is Cc1cccc2cc(C(=O)Nc3ccc(C#N)cc3-c3noc(=O)[nH]3)[nH]c12. The lowest BCUT2D eigenvalue weighted by molar-refractivity contribution is 0.102. The van der Waals surface area contributed by atoms with Gasteiger partial charge in [-0.1, -0.05) is 23.4 Å². The summed E-state index contributed by atoms with van der Waals surface area (Å²) in [5.41, 5.74) is 3.44. The molecule has 4 rings (SSSR count). The average Bonchev–Trinajstić information content (AvgIpc) is 3.29. The van der Waals surface area contributed by atoms with E-state index in [0.29, 0.717) is 22.5 Å². The Labute approximate surface area is 152 Å². The number of para-hydroxylation sites is 1. The van der Waals surface area contributed by atoms with Gasteiger partial charge in [-0.3, -0.25) is 14.3 Å². The van der Waals surface area contributed by atoms with Crippen molar-refractivity contribution >= 4 is 22.5 Å². The molecule has 0 saturated carbocycles. The molecule has 0 fully saturated rings. The van der Waals surface area contributed by atoms with Crippen LogP contribution in [0.2, 0.25) is 0 Å². The fourth-order valence-electron chi connectivity index (χ4n) is 2.88. The van der Waals surface area contributed by atoms with Crippen LogP contribution >= 0.6 is 0 Å². The maximum absolute atomic E-state index is 12.7. The van der Waals surface area contributed by atoms with Gasteiger partial charge in [-0.25, -0.2) is 4.79 Å². The van der Waals surface area contributed by atoms with Crippen LogP contribution in [0.5, 0.6) is 0 Å². The van der Waals surface area contributed by atoms with Crippen LogP contribution in [-0.2, 0) is 0 Å². The first-order chi connectivity index (χ1) is 13.0. The summed E-state index contributed by atoms with van der Waals surface area (Å²) >= 11 is 0. The Morgan fingerprint density at radius 3 is 2.78 bits per heavy atom. The van der Waals surface area contributed by atoms with Crippen molar-refractivity contribution in [2.75, 3.05) is 5.32 Å². The van der Waals surface area contributed by atoms with Crippen LogP contribution in [-0.4, -0.2) is 21.0 Å². The van der Waals surface area contributed by atoms with Gasteiger partial charge in [-0.2, -0.15) is 5.26 Å². The van der Waals surface area contributed by atoms with E-state index in [1.54, 1.807) is 18.2 Å². The number of nitrogens with one attached hydrogen (secondary N) is 3. The van der Waals surface area contributed by atoms with Gasteiger partial charge in [0.05, 0.1) is 17.3 Å². The van der Waals surface area contributed by atoms with Crippen LogP contribution in [0.4, 0.5) is 5.69 Å². The van der Waals surface area contributed by atoms with Crippen molar-refractivity contribution in [3.05, 3.63) is 69.8 Å². The molecule has 2 aromatic heterocycles. The summed E-state index contributed by atoms with van der Waals surface area (Å²) in [6.45, 7) is 1.96. The third-order valence-electron chi connectivity index (χ3n) is 4.20. The van der Waals surface area contributed by atoms with Crippen molar-refractivity contribution in [3.63, 3.8) is 0 Å². The maximum Gasteiger partial charge on any atom is 0.439 e. The summed E-state index contributed by atoms with van der Waals surface area (Å²) < 4.78 is 4.53. The highest BCUT2D eigenvalue weighted by molar-refractivity contribution is 6.07. The van der Waals surface area contributed by atoms with Crippen LogP contribution in [0.25, 0.3) is 22.3 Å². The Bertz CT molecular complexity index is 1270. The molecule has 8 nitrogen and oxygen atoms in total. The molecule has 0 spiro atoms. The fraction of sp³-hybridized carbons (Fsp3) is 0.0526. The van der Waals surface area contributed by atoms with Gasteiger partial charge in [0.1, 0.15) is 5.69 Å². The quantitative estimate of drug-likeness (QED) is 0.518. The number of hydrogen-bond acceptors (Lipinski definition) is 5. The number of amides is 1. The first-order valence-corrected chi connectivity index (χ1v) is 8.05. The summed E-state index contributed by atoms with van der Waals surface area (Å²) in [5.74, 6) is -0.960. The van der Waals surface area contributed by atoms with Crippen LogP contribution < -0.4 is 11.1 Å². The molecule has 0 aliphatic rings. The number of nitriles is 1. The van der Waals surface area contributed by atoms with Gasteiger partial charge in [-0.05, 0) is 36.8 Å². The smallest absolute Gasteiger partial charge is 0.350 e. The van der Waals surface area contributed by atoms with Gasteiger partial charge < -0.3 is 10.3 Å². The van der Waals surface area contributed by atoms with Crippen LogP contribution in [0.1, 0.15) is 21.6 Å². The lowest BCUT2D eigenvalue weighted by atomic mass is 10.1. The standard InChI is InChI=1S/C19H13N5O3/c1-10-3-2-4-12-8-15(21-16(10)12)18(25)22-14-6-5-11(9-20)7-13(14)17-23-19(26)27-24-17/h2-8,21H,1H3,(H,22,25)(H,23,24,26). The van der Waals surface area contributed by atoms with Gasteiger partial charge in [0.15, 0.2) is 5.82 Å². The van der Waals surface area contributed by atoms with E-state index in [1.165, 1.54) is 6.07 Å². The van der Waals surface area contributed by atoms with E-state index < -0.39 is 5.76 Å². The van der Waals surface area contributed by atoms with Crippen molar-refractivity contribution in [1.82, 2.24) is 15.1 Å². The number of aromatic amines is 2. The zero-order valence-electron chi connectivity index (χ0n) is 14.2. The molecule has 0 bridgehead atoms. The Morgan fingerprint density at radius 1 is 1.22 bits per heavy atom. The summed E-state index contributed by atoms with van der Waals surface area (Å²) in [5, 5.41) is 16.5. The van der Waals surface area contributed by atoms with Crippen molar-refractivity contribution in [3.8, 4) is 17.5 Å². The van der Waals surface area contributed by atoms with Crippen molar-refractivity contribution in [2.24, 2.45) is 0 Å². The summed E-state index contributed by atoms with van der Waals surface area (Å²) in [6, 6.07) is 14.2. The third kappa shape index (κ3) is 2.98. The van der Waals surface area contributed by atoms with E-state index in [1.807, 2.05) is 31.2 Å². The Balaban J connectivity index is 1.73. The summed E-state index contributed by atoms with van der Waals surface area (Å²) in [4.78, 5) is 29.5. The number of aromatic nitrogens is 3. The fourth-order valence-corrected chi connectivity index (χ4v) is 2.88. The van der Waals surface area contributed by atoms with Crippen molar-refractivity contribution in [1.29, 1.82) is 5.26 Å². The number of aryl methyl sites for hydroxylation is 1. The second kappa shape index (κ2) is 6.31. The molecule has 2 aromatic carbocycles. The number of fused-ring (bicyclic) bond motifs is 1. The van der Waals surface area contributed by atoms with Gasteiger partial charge in [-0.15, -0.1) is 0 Å². The molecule has 1 amide bonds. The first-order valence-electron chi connectivity index (χ1n) is 8.05. The topological polar surface area (TPSA) is 128 Å². The number of anilines is 1. The van der Waals surface area contributed by atoms with E-state index >= 15 is 0 Å². The highest BCUT2D eigenvalue weighted by Gasteiger charge is 2.16. The minimum absolute atomic E-state index is 0.125. The monoisotopic (exact) mass is 359 g/mol. The number of rotatable bonds is 3. The van der Waals surface area contributed by atoms with E-state index in [0.717, 1.165) is 16.5 Å². The number of carbonyl (C=O) groups excluding carboxylic acids is 1. The summed E-state index contributed by atoms with van der Waals surface area (Å²) in [6.07, 6.45) is 0. The number of nitrogens with zero attached hydrogens (tertiary/aromatic N) is 2. The number of hydrogen-bond donors (Lipinski definition) is 3. The molecule has 3 N–H and O–H groups in total. The second-order valence-electron chi connectivity index (χ2n) is 5.99. The predicted molar refractivity (Wildman–Crippen MR) is 98.3 cm³/mol. The zero-order valence-corrected chi connectivity index (χ0v) is 14.2. The molecular weight excluding hydrogens is 346 g/mol. The molecular formula is C19H13N5O3. The molecule has 0 radical (unpaired) electrons. The second-order valence-corrected chi connectivity index (χ2v) is 5.99. The molecule has 2 heterocycles. The van der Waals surface area contributed by atoms with E-state index in [9.17, 15) is 9.59 Å². The van der Waals surface area contributed by atoms with E-state index in [-0.39, 0.29) is 11.7 Å². The largest absolute Gasteiger partial charge is 0.439 e. The molecule has 0 aliphatic carbocycles. The Morgan fingerprint density at radius 2 is 2.07 bits per heavy atom. The average molecular weight is 359 g/mol. The molecule has 0 saturated heterocycles. The van der Waals surface area contributed by atoms with Gasteiger partial charge in [0.2, 0.25) is 0 Å². The van der Waals surface area contributed by atoms with Gasteiger partial charge >= 0.3 is 5.76 Å². The predicted octanol–water partition coefficient (Wildman–Crippen LogP) is 2.94. The van der Waals surface area contributed by atoms with E-state index in [2.05, 4.69) is 25.0 Å². The molecule has 132 valence electrons. The number of carbonyl (C=O) groups is 1.